The molecule has 7 nitrogen and oxygen atoms in total. The van der Waals surface area contributed by atoms with E-state index in [0.717, 1.165) is 42.9 Å². The molecule has 2 saturated heterocycles. The molecule has 2 aromatic carbocycles. The first kappa shape index (κ1) is 24.1. The predicted molar refractivity (Wildman–Crippen MR) is 132 cm³/mol. The molecule has 0 aliphatic carbocycles. The van der Waals surface area contributed by atoms with Gasteiger partial charge in [-0.2, -0.15) is 0 Å². The van der Waals surface area contributed by atoms with Crippen molar-refractivity contribution < 1.29 is 19.1 Å². The molecule has 4 rings (SSSR count). The minimum absolute atomic E-state index is 0.0877. The van der Waals surface area contributed by atoms with Gasteiger partial charge in [-0.1, -0.05) is 30.3 Å². The first-order chi connectivity index (χ1) is 16.3. The lowest BCUT2D eigenvalue weighted by Crippen LogP contribution is -2.54. The summed E-state index contributed by atoms with van der Waals surface area (Å²) in [5, 5.41) is 2.93. The third kappa shape index (κ3) is 6.29. The predicted octanol–water partition coefficient (Wildman–Crippen LogP) is 4.54. The lowest BCUT2D eigenvalue weighted by atomic mass is 9.99. The van der Waals surface area contributed by atoms with Gasteiger partial charge in [-0.3, -0.25) is 9.69 Å². The van der Waals surface area contributed by atoms with Crippen molar-refractivity contribution in [2.75, 3.05) is 31.5 Å². The van der Waals surface area contributed by atoms with Gasteiger partial charge in [-0.15, -0.1) is 0 Å². The molecule has 2 heterocycles. The maximum Gasteiger partial charge on any atom is 0.410 e. The topological polar surface area (TPSA) is 71.1 Å². The Morgan fingerprint density at radius 1 is 0.971 bits per heavy atom. The number of ether oxygens (including phenoxy) is 2. The molecule has 34 heavy (non-hydrogen) atoms. The number of nitrogens with zero attached hydrogens (tertiary/aromatic N) is 2. The fourth-order valence-electron chi connectivity index (χ4n) is 4.30. The first-order valence-electron chi connectivity index (χ1n) is 12.1. The minimum Gasteiger partial charge on any atom is -0.490 e. The molecule has 0 saturated carbocycles. The molecular weight excluding hydrogens is 430 g/mol. The number of anilines is 1. The van der Waals surface area contributed by atoms with E-state index in [-0.39, 0.29) is 36.2 Å². The maximum atomic E-state index is 12.5. The van der Waals surface area contributed by atoms with Gasteiger partial charge in [-0.25, -0.2) is 4.79 Å². The highest BCUT2D eigenvalue weighted by atomic mass is 16.6. The number of amides is 2. The summed E-state index contributed by atoms with van der Waals surface area (Å²) >= 11 is 0. The van der Waals surface area contributed by atoms with Crippen LogP contribution in [0, 0.1) is 5.92 Å². The summed E-state index contributed by atoms with van der Waals surface area (Å²) in [7, 11) is 0. The zero-order chi connectivity index (χ0) is 24.1. The highest BCUT2D eigenvalue weighted by molar-refractivity contribution is 5.94. The van der Waals surface area contributed by atoms with Gasteiger partial charge in [-0.05, 0) is 63.4 Å². The number of piperidine rings is 1. The van der Waals surface area contributed by atoms with Gasteiger partial charge >= 0.3 is 6.09 Å². The van der Waals surface area contributed by atoms with Crippen LogP contribution in [0.5, 0.6) is 5.75 Å². The Kier molecular flexibility index (Phi) is 7.41. The number of likely N-dealkylation sites (tertiary alicyclic amines) is 2. The second kappa shape index (κ2) is 10.5. The molecule has 1 N–H and O–H groups in total. The van der Waals surface area contributed by atoms with E-state index in [2.05, 4.69) is 31.0 Å². The minimum atomic E-state index is -0.386. The van der Waals surface area contributed by atoms with E-state index in [1.807, 2.05) is 54.6 Å². The molecule has 0 radical (unpaired) electrons. The summed E-state index contributed by atoms with van der Waals surface area (Å²) in [6, 6.07) is 17.1. The normalized spacial score (nSPS) is 17.7. The number of hydrogen-bond donors (Lipinski definition) is 1. The standard InChI is InChI=1S/C27H35N3O4/c1-27(2,3)30-15-13-24(14-16-30)34-23-11-9-22(10-12-23)28-25(31)21-17-29(18-21)26(32)33-19-20-7-5-4-6-8-20/h4-12,21,24H,13-19H2,1-3H3,(H,28,31). The zero-order valence-corrected chi connectivity index (χ0v) is 20.3. The van der Waals surface area contributed by atoms with Gasteiger partial charge in [0.05, 0.1) is 5.92 Å². The average Bonchev–Trinajstić information content (AvgIpc) is 2.78. The van der Waals surface area contributed by atoms with Crippen molar-refractivity contribution in [1.82, 2.24) is 9.80 Å². The molecule has 2 amide bonds. The summed E-state index contributed by atoms with van der Waals surface area (Å²) in [6.07, 6.45) is 1.87. The van der Waals surface area contributed by atoms with Crippen LogP contribution in [0.4, 0.5) is 10.5 Å². The van der Waals surface area contributed by atoms with Crippen LogP contribution in [0.1, 0.15) is 39.2 Å². The summed E-state index contributed by atoms with van der Waals surface area (Å²) in [4.78, 5) is 28.7. The van der Waals surface area contributed by atoms with Crippen molar-refractivity contribution in [2.45, 2.75) is 51.9 Å². The Morgan fingerprint density at radius 2 is 1.62 bits per heavy atom. The second-order valence-electron chi connectivity index (χ2n) is 10.1. The largest absolute Gasteiger partial charge is 0.490 e. The average molecular weight is 466 g/mol. The van der Waals surface area contributed by atoms with E-state index in [0.29, 0.717) is 13.1 Å². The van der Waals surface area contributed by atoms with E-state index >= 15 is 0 Å². The van der Waals surface area contributed by atoms with E-state index in [1.165, 1.54) is 0 Å². The van der Waals surface area contributed by atoms with Crippen LogP contribution in [0.2, 0.25) is 0 Å². The van der Waals surface area contributed by atoms with Crippen molar-refractivity contribution in [3.8, 4) is 5.75 Å². The van der Waals surface area contributed by atoms with Crippen LogP contribution in [0.25, 0.3) is 0 Å². The molecule has 0 bridgehead atoms. The fraction of sp³-hybridized carbons (Fsp3) is 0.481. The smallest absolute Gasteiger partial charge is 0.410 e. The van der Waals surface area contributed by atoms with Gasteiger partial charge in [0.15, 0.2) is 0 Å². The van der Waals surface area contributed by atoms with Gasteiger partial charge in [0, 0.05) is 37.4 Å². The Bertz CT molecular complexity index is 958. The van der Waals surface area contributed by atoms with Crippen molar-refractivity contribution in [3.63, 3.8) is 0 Å². The summed E-state index contributed by atoms with van der Waals surface area (Å²) < 4.78 is 11.5. The Hall–Kier alpha value is -3.06. The van der Waals surface area contributed by atoms with Gasteiger partial charge in [0.2, 0.25) is 5.91 Å². The molecule has 2 fully saturated rings. The van der Waals surface area contributed by atoms with Gasteiger partial charge in [0.25, 0.3) is 0 Å². The monoisotopic (exact) mass is 465 g/mol. The van der Waals surface area contributed by atoms with Crippen LogP contribution in [-0.4, -0.2) is 59.6 Å². The second-order valence-corrected chi connectivity index (χ2v) is 10.1. The van der Waals surface area contributed by atoms with Crippen LogP contribution < -0.4 is 10.1 Å². The lowest BCUT2D eigenvalue weighted by molar-refractivity contribution is -0.124. The molecule has 2 aromatic rings. The molecule has 7 heteroatoms. The quantitative estimate of drug-likeness (QED) is 0.679. The van der Waals surface area contributed by atoms with E-state index < -0.39 is 0 Å². The third-order valence-electron chi connectivity index (χ3n) is 6.53. The van der Waals surface area contributed by atoms with Crippen molar-refractivity contribution in [1.29, 1.82) is 0 Å². The number of carbonyl (C=O) groups is 2. The number of hydrogen-bond acceptors (Lipinski definition) is 5. The molecule has 182 valence electrons. The van der Waals surface area contributed by atoms with Crippen LogP contribution >= 0.6 is 0 Å². The number of carbonyl (C=O) groups excluding carboxylic acids is 2. The van der Waals surface area contributed by atoms with Crippen LogP contribution in [0.15, 0.2) is 54.6 Å². The van der Waals surface area contributed by atoms with Gasteiger partial charge < -0.3 is 19.7 Å². The summed E-state index contributed by atoms with van der Waals surface area (Å²) in [6.45, 7) is 9.81. The Morgan fingerprint density at radius 3 is 2.24 bits per heavy atom. The Balaban J connectivity index is 1.16. The van der Waals surface area contributed by atoms with E-state index in [9.17, 15) is 9.59 Å². The molecular formula is C27H35N3O4. The van der Waals surface area contributed by atoms with Crippen molar-refractivity contribution >= 4 is 17.7 Å². The molecule has 2 aliphatic rings. The number of benzene rings is 2. The fourth-order valence-corrected chi connectivity index (χ4v) is 4.30. The van der Waals surface area contributed by atoms with Crippen LogP contribution in [-0.2, 0) is 16.1 Å². The van der Waals surface area contributed by atoms with E-state index in [4.69, 9.17) is 9.47 Å². The van der Waals surface area contributed by atoms with Crippen LogP contribution in [0.3, 0.4) is 0 Å². The lowest BCUT2D eigenvalue weighted by Gasteiger charge is -2.40. The molecule has 0 atom stereocenters. The Labute approximate surface area is 202 Å². The molecule has 0 unspecified atom stereocenters. The summed E-state index contributed by atoms with van der Waals surface area (Å²) in [5.74, 6) is 0.506. The summed E-state index contributed by atoms with van der Waals surface area (Å²) in [5.41, 5.74) is 1.86. The first-order valence-corrected chi connectivity index (χ1v) is 12.1. The van der Waals surface area contributed by atoms with Crippen molar-refractivity contribution in [3.05, 3.63) is 60.2 Å². The maximum absolute atomic E-state index is 12.5. The third-order valence-corrected chi connectivity index (χ3v) is 6.53. The van der Waals surface area contributed by atoms with Crippen molar-refractivity contribution in [2.24, 2.45) is 5.92 Å². The number of nitrogens with one attached hydrogen (secondary N) is 1. The van der Waals surface area contributed by atoms with E-state index in [1.54, 1.807) is 4.90 Å². The SMILES string of the molecule is CC(C)(C)N1CCC(Oc2ccc(NC(=O)C3CN(C(=O)OCc4ccccc4)C3)cc2)CC1. The molecule has 2 aliphatic heterocycles. The molecule has 0 spiro atoms. The van der Waals surface area contributed by atoms with Gasteiger partial charge in [0.1, 0.15) is 18.5 Å². The highest BCUT2D eigenvalue weighted by Crippen LogP contribution is 2.25. The zero-order valence-electron chi connectivity index (χ0n) is 20.3. The number of rotatable bonds is 6. The highest BCUT2D eigenvalue weighted by Gasteiger charge is 2.36. The molecule has 0 aromatic heterocycles.